The Morgan fingerprint density at radius 1 is 1.00 bits per heavy atom. The molecule has 6 nitrogen and oxygen atoms in total. The van der Waals surface area contributed by atoms with Gasteiger partial charge in [0.15, 0.2) is 21.3 Å². The molecule has 0 saturated heterocycles. The summed E-state index contributed by atoms with van der Waals surface area (Å²) in [5.41, 5.74) is 1.59. The molecule has 1 aliphatic heterocycles. The van der Waals surface area contributed by atoms with Gasteiger partial charge in [-0.1, -0.05) is 36.4 Å². The monoisotopic (exact) mass is 375 g/mol. The number of amides is 1. The van der Waals surface area contributed by atoms with Gasteiger partial charge < -0.3 is 14.8 Å². The number of nitrogens with one attached hydrogen (secondary N) is 1. The number of ether oxygens (including phenoxy) is 2. The molecule has 0 bridgehead atoms. The molecule has 1 N–H and O–H groups in total. The summed E-state index contributed by atoms with van der Waals surface area (Å²) in [4.78, 5) is 12.5. The molecule has 7 heteroatoms. The SMILES string of the molecule is C[C@H]1Oc2ccccc2O[C@H]1C(=O)NCc1ccc(CS(C)(=O)=O)cc1. The Labute approximate surface area is 153 Å². The van der Waals surface area contributed by atoms with Gasteiger partial charge in [0.2, 0.25) is 6.10 Å². The Balaban J connectivity index is 1.59. The minimum absolute atomic E-state index is 0.00379. The number of carbonyl (C=O) groups excluding carboxylic acids is 1. The molecule has 0 radical (unpaired) electrons. The van der Waals surface area contributed by atoms with Crippen molar-refractivity contribution >= 4 is 15.7 Å². The number of hydrogen-bond acceptors (Lipinski definition) is 5. The maximum absolute atomic E-state index is 12.5. The third-order valence-corrected chi connectivity index (χ3v) is 4.88. The molecule has 1 heterocycles. The molecule has 2 aromatic carbocycles. The number of rotatable bonds is 5. The highest BCUT2D eigenvalue weighted by atomic mass is 32.2. The van der Waals surface area contributed by atoms with E-state index in [-0.39, 0.29) is 11.7 Å². The van der Waals surface area contributed by atoms with Crippen molar-refractivity contribution < 1.29 is 22.7 Å². The fourth-order valence-electron chi connectivity index (χ4n) is 2.75. The summed E-state index contributed by atoms with van der Waals surface area (Å²) in [6.45, 7) is 2.12. The van der Waals surface area contributed by atoms with Crippen molar-refractivity contribution in [1.29, 1.82) is 0 Å². The second-order valence-electron chi connectivity index (χ2n) is 6.41. The van der Waals surface area contributed by atoms with Crippen molar-refractivity contribution in [2.45, 2.75) is 31.4 Å². The lowest BCUT2D eigenvalue weighted by Gasteiger charge is -2.31. The number of sulfone groups is 1. The van der Waals surface area contributed by atoms with Gasteiger partial charge in [-0.15, -0.1) is 0 Å². The molecule has 0 saturated carbocycles. The minimum atomic E-state index is -3.06. The van der Waals surface area contributed by atoms with E-state index < -0.39 is 22.0 Å². The third-order valence-electron chi connectivity index (χ3n) is 4.02. The summed E-state index contributed by atoms with van der Waals surface area (Å²) in [6, 6.07) is 14.4. The zero-order valence-electron chi connectivity index (χ0n) is 14.6. The second kappa shape index (κ2) is 7.37. The van der Waals surface area contributed by atoms with Gasteiger partial charge in [0.05, 0.1) is 5.75 Å². The van der Waals surface area contributed by atoms with E-state index in [1.165, 1.54) is 6.26 Å². The Morgan fingerprint density at radius 3 is 2.19 bits per heavy atom. The van der Waals surface area contributed by atoms with Crippen molar-refractivity contribution in [2.75, 3.05) is 6.26 Å². The first-order valence-electron chi connectivity index (χ1n) is 8.27. The fraction of sp³-hybridized carbons (Fsp3) is 0.316. The van der Waals surface area contributed by atoms with Crippen LogP contribution in [0.3, 0.4) is 0 Å². The average Bonchev–Trinajstić information content (AvgIpc) is 2.59. The van der Waals surface area contributed by atoms with Gasteiger partial charge in [-0.2, -0.15) is 0 Å². The predicted octanol–water partition coefficient (Wildman–Crippen LogP) is 2.08. The van der Waals surface area contributed by atoms with Gasteiger partial charge in [0.25, 0.3) is 5.91 Å². The van der Waals surface area contributed by atoms with Gasteiger partial charge in [-0.3, -0.25) is 4.79 Å². The third kappa shape index (κ3) is 4.54. The van der Waals surface area contributed by atoms with Crippen LogP contribution in [0.15, 0.2) is 48.5 Å². The first kappa shape index (κ1) is 18.3. The van der Waals surface area contributed by atoms with Crippen molar-refractivity contribution in [1.82, 2.24) is 5.32 Å². The fourth-order valence-corrected chi connectivity index (χ4v) is 3.55. The van der Waals surface area contributed by atoms with Crippen LogP contribution in [0.25, 0.3) is 0 Å². The molecule has 3 rings (SSSR count). The van der Waals surface area contributed by atoms with Crippen LogP contribution in [0.1, 0.15) is 18.1 Å². The maximum atomic E-state index is 12.5. The normalized spacial score (nSPS) is 19.0. The molecule has 2 atom stereocenters. The van der Waals surface area contributed by atoms with Crippen LogP contribution in [-0.4, -0.2) is 32.8 Å². The van der Waals surface area contributed by atoms with Crippen molar-refractivity contribution in [2.24, 2.45) is 0 Å². The van der Waals surface area contributed by atoms with Crippen LogP contribution in [0.5, 0.6) is 11.5 Å². The molecule has 0 unspecified atom stereocenters. The predicted molar refractivity (Wildman–Crippen MR) is 97.8 cm³/mol. The van der Waals surface area contributed by atoms with Gasteiger partial charge in [0, 0.05) is 12.8 Å². The van der Waals surface area contributed by atoms with E-state index >= 15 is 0 Å². The topological polar surface area (TPSA) is 81.7 Å². The van der Waals surface area contributed by atoms with E-state index in [9.17, 15) is 13.2 Å². The maximum Gasteiger partial charge on any atom is 0.265 e. The van der Waals surface area contributed by atoms with Crippen LogP contribution in [0.4, 0.5) is 0 Å². The first-order valence-corrected chi connectivity index (χ1v) is 10.3. The quantitative estimate of drug-likeness (QED) is 0.865. The Morgan fingerprint density at radius 2 is 1.58 bits per heavy atom. The van der Waals surface area contributed by atoms with E-state index in [0.29, 0.717) is 18.0 Å². The molecular formula is C19H21NO5S. The average molecular weight is 375 g/mol. The number of hydrogen-bond donors (Lipinski definition) is 1. The summed E-state index contributed by atoms with van der Waals surface area (Å²) in [5.74, 6) is 0.928. The van der Waals surface area contributed by atoms with Crippen LogP contribution in [0, 0.1) is 0 Å². The standard InChI is InChI=1S/C19H21NO5S/c1-13-18(25-17-6-4-3-5-16(17)24-13)19(21)20-11-14-7-9-15(10-8-14)12-26(2,22)23/h3-10,13,18H,11-12H2,1-2H3,(H,20,21)/t13-,18-/m1/s1. The summed E-state index contributed by atoms with van der Waals surface area (Å²) in [6.07, 6.45) is 0.0728. The van der Waals surface area contributed by atoms with Crippen LogP contribution in [-0.2, 0) is 26.9 Å². The second-order valence-corrected chi connectivity index (χ2v) is 8.55. The zero-order valence-corrected chi connectivity index (χ0v) is 15.5. The van der Waals surface area contributed by atoms with Crippen LogP contribution in [0.2, 0.25) is 0 Å². The van der Waals surface area contributed by atoms with Crippen LogP contribution < -0.4 is 14.8 Å². The highest BCUT2D eigenvalue weighted by Gasteiger charge is 2.33. The summed E-state index contributed by atoms with van der Waals surface area (Å²) >= 11 is 0. The van der Waals surface area contributed by atoms with Gasteiger partial charge in [-0.25, -0.2) is 8.42 Å². The zero-order chi connectivity index (χ0) is 18.7. The molecule has 0 fully saturated rings. The minimum Gasteiger partial charge on any atom is -0.482 e. The number of para-hydroxylation sites is 2. The molecule has 0 spiro atoms. The Bertz CT molecular complexity index is 892. The molecule has 0 aliphatic carbocycles. The van der Waals surface area contributed by atoms with Crippen molar-refractivity contribution in [3.05, 3.63) is 59.7 Å². The Kier molecular flexibility index (Phi) is 5.18. The number of benzene rings is 2. The van der Waals surface area contributed by atoms with Gasteiger partial charge >= 0.3 is 0 Å². The van der Waals surface area contributed by atoms with E-state index in [1.54, 1.807) is 43.3 Å². The Hall–Kier alpha value is -2.54. The lowest BCUT2D eigenvalue weighted by Crippen LogP contribution is -2.48. The van der Waals surface area contributed by atoms with Crippen LogP contribution >= 0.6 is 0 Å². The number of fused-ring (bicyclic) bond motifs is 1. The summed E-state index contributed by atoms with van der Waals surface area (Å²) < 4.78 is 34.1. The highest BCUT2D eigenvalue weighted by molar-refractivity contribution is 7.89. The molecule has 138 valence electrons. The van der Waals surface area contributed by atoms with Gasteiger partial charge in [0.1, 0.15) is 6.10 Å². The highest BCUT2D eigenvalue weighted by Crippen LogP contribution is 2.33. The lowest BCUT2D eigenvalue weighted by atomic mass is 10.1. The number of carbonyl (C=O) groups is 1. The summed E-state index contributed by atoms with van der Waals surface area (Å²) in [7, 11) is -3.06. The van der Waals surface area contributed by atoms with E-state index in [4.69, 9.17) is 9.47 Å². The molecule has 0 aromatic heterocycles. The van der Waals surface area contributed by atoms with Gasteiger partial charge in [-0.05, 0) is 30.2 Å². The molecular weight excluding hydrogens is 354 g/mol. The molecule has 26 heavy (non-hydrogen) atoms. The van der Waals surface area contributed by atoms with E-state index in [0.717, 1.165) is 11.1 Å². The summed E-state index contributed by atoms with van der Waals surface area (Å²) in [5, 5.41) is 2.84. The largest absolute Gasteiger partial charge is 0.482 e. The van der Waals surface area contributed by atoms with E-state index in [2.05, 4.69) is 5.32 Å². The smallest absolute Gasteiger partial charge is 0.265 e. The molecule has 2 aromatic rings. The lowest BCUT2D eigenvalue weighted by molar-refractivity contribution is -0.133. The molecule has 1 aliphatic rings. The van der Waals surface area contributed by atoms with Crippen molar-refractivity contribution in [3.63, 3.8) is 0 Å². The first-order chi connectivity index (χ1) is 12.3. The van der Waals surface area contributed by atoms with E-state index in [1.807, 2.05) is 12.1 Å². The van der Waals surface area contributed by atoms with Crippen molar-refractivity contribution in [3.8, 4) is 11.5 Å². The molecule has 1 amide bonds.